The number of halogens is 2. The van der Waals surface area contributed by atoms with E-state index in [4.69, 9.17) is 20.3 Å². The summed E-state index contributed by atoms with van der Waals surface area (Å²) in [6, 6.07) is 3.66. The number of aromatic nitrogens is 3. The van der Waals surface area contributed by atoms with Crippen molar-refractivity contribution in [3.8, 4) is 5.88 Å². The first kappa shape index (κ1) is 26.8. The SMILES string of the molecule is CC(F)(F)C(=O)O.COC(=O)c1sc2ncnc(Nc3cccnc3OC(C)CCN)c2c1C. The van der Waals surface area contributed by atoms with Crippen molar-refractivity contribution in [2.75, 3.05) is 19.0 Å². The molecule has 0 radical (unpaired) electrons. The number of carbonyl (C=O) groups is 2. The van der Waals surface area contributed by atoms with Gasteiger partial charge in [-0.1, -0.05) is 0 Å². The molecule has 3 aromatic heterocycles. The van der Waals surface area contributed by atoms with Crippen molar-refractivity contribution in [2.24, 2.45) is 5.73 Å². The molecule has 0 spiro atoms. The normalized spacial score (nSPS) is 11.9. The molecule has 4 N–H and O–H groups in total. The Morgan fingerprint density at radius 3 is 2.59 bits per heavy atom. The van der Waals surface area contributed by atoms with Crippen molar-refractivity contribution < 1.29 is 33.0 Å². The maximum absolute atomic E-state index is 12.0. The van der Waals surface area contributed by atoms with E-state index in [-0.39, 0.29) is 12.1 Å². The van der Waals surface area contributed by atoms with Gasteiger partial charge in [0, 0.05) is 13.1 Å². The number of thiophene rings is 1. The third-order valence-electron chi connectivity index (χ3n) is 4.38. The number of nitrogens with zero attached hydrogens (tertiary/aromatic N) is 3. The van der Waals surface area contributed by atoms with Crippen LogP contribution >= 0.6 is 11.3 Å². The maximum atomic E-state index is 12.0. The van der Waals surface area contributed by atoms with Crippen LogP contribution in [0.5, 0.6) is 5.88 Å². The third kappa shape index (κ3) is 6.78. The van der Waals surface area contributed by atoms with E-state index in [2.05, 4.69) is 20.3 Å². The highest BCUT2D eigenvalue weighted by molar-refractivity contribution is 7.20. The van der Waals surface area contributed by atoms with Crippen molar-refractivity contribution in [3.05, 3.63) is 35.1 Å². The molecule has 1 unspecified atom stereocenters. The highest BCUT2D eigenvalue weighted by Gasteiger charge is 2.31. The average Bonchev–Trinajstić information content (AvgIpc) is 3.12. The molecular formula is C21H25F2N5O5S. The van der Waals surface area contributed by atoms with E-state index in [9.17, 15) is 18.4 Å². The predicted molar refractivity (Wildman–Crippen MR) is 123 cm³/mol. The number of aliphatic carboxylic acids is 1. The fraction of sp³-hybridized carbons (Fsp3) is 0.381. The molecule has 184 valence electrons. The van der Waals surface area contributed by atoms with E-state index in [0.717, 1.165) is 17.4 Å². The molecule has 3 aromatic rings. The Hall–Kier alpha value is -3.45. The van der Waals surface area contributed by atoms with Gasteiger partial charge >= 0.3 is 17.9 Å². The smallest absolute Gasteiger partial charge is 0.374 e. The molecule has 0 aliphatic carbocycles. The largest absolute Gasteiger partial charge is 0.477 e. The van der Waals surface area contributed by atoms with Gasteiger partial charge in [0.1, 0.15) is 27.5 Å². The number of fused-ring (bicyclic) bond motifs is 1. The number of ether oxygens (including phenoxy) is 2. The first-order valence-corrected chi connectivity index (χ1v) is 10.8. The monoisotopic (exact) mass is 497 g/mol. The lowest BCUT2D eigenvalue weighted by atomic mass is 10.2. The second-order valence-electron chi connectivity index (χ2n) is 7.13. The summed E-state index contributed by atoms with van der Waals surface area (Å²) in [6.45, 7) is 4.66. The van der Waals surface area contributed by atoms with Crippen molar-refractivity contribution >= 4 is 45.0 Å². The molecule has 0 fully saturated rings. The molecule has 13 heteroatoms. The highest BCUT2D eigenvalue weighted by atomic mass is 32.1. The standard InChI is InChI=1S/C18H21N5O3S.C3H4F2O2/c1-10(6-7-19)26-16-12(5-4-8-20-16)23-15-13-11(2)14(18(24)25-3)27-17(13)22-9-21-15;1-3(4,5)2(6)7/h4-5,8-10H,6-7,19H2,1-3H3,(H,21,22,23);1H3,(H,6,7). The van der Waals surface area contributed by atoms with Gasteiger partial charge in [-0.15, -0.1) is 11.3 Å². The van der Waals surface area contributed by atoms with Crippen LogP contribution in [0.25, 0.3) is 10.2 Å². The number of methoxy groups -OCH3 is 1. The van der Waals surface area contributed by atoms with Gasteiger partial charge in [0.2, 0.25) is 5.88 Å². The lowest BCUT2D eigenvalue weighted by Gasteiger charge is -2.16. The first-order chi connectivity index (χ1) is 16.0. The molecule has 3 rings (SSSR count). The van der Waals surface area contributed by atoms with Crippen molar-refractivity contribution in [1.29, 1.82) is 0 Å². The molecule has 10 nitrogen and oxygen atoms in total. The molecule has 0 aromatic carbocycles. The Kier molecular flexibility index (Phi) is 9.15. The summed E-state index contributed by atoms with van der Waals surface area (Å²) >= 11 is 1.28. The minimum absolute atomic E-state index is 0.0651. The van der Waals surface area contributed by atoms with Crippen LogP contribution in [0.1, 0.15) is 35.5 Å². The van der Waals surface area contributed by atoms with Gasteiger partial charge in [0.05, 0.1) is 18.6 Å². The number of anilines is 2. The summed E-state index contributed by atoms with van der Waals surface area (Å²) in [4.78, 5) is 35.4. The van der Waals surface area contributed by atoms with Gasteiger partial charge in [-0.2, -0.15) is 8.78 Å². The Balaban J connectivity index is 0.000000509. The fourth-order valence-corrected chi connectivity index (χ4v) is 3.71. The lowest BCUT2D eigenvalue weighted by molar-refractivity contribution is -0.161. The molecule has 34 heavy (non-hydrogen) atoms. The summed E-state index contributed by atoms with van der Waals surface area (Å²) < 4.78 is 33.2. The zero-order valence-corrected chi connectivity index (χ0v) is 19.8. The van der Waals surface area contributed by atoms with Gasteiger partial charge in [0.15, 0.2) is 0 Å². The van der Waals surface area contributed by atoms with Gasteiger partial charge in [-0.25, -0.2) is 24.5 Å². The Morgan fingerprint density at radius 2 is 2.00 bits per heavy atom. The lowest BCUT2D eigenvalue weighted by Crippen LogP contribution is -2.22. The number of alkyl halides is 2. The van der Waals surface area contributed by atoms with Crippen LogP contribution in [-0.4, -0.2) is 57.7 Å². The van der Waals surface area contributed by atoms with E-state index in [1.807, 2.05) is 26.0 Å². The molecule has 0 saturated heterocycles. The summed E-state index contributed by atoms with van der Waals surface area (Å²) in [7, 11) is 1.36. The number of nitrogens with one attached hydrogen (secondary N) is 1. The number of carboxylic acids is 1. The fourth-order valence-electron chi connectivity index (χ4n) is 2.65. The van der Waals surface area contributed by atoms with Crippen LogP contribution in [0.3, 0.4) is 0 Å². The Labute approximate surface area is 198 Å². The second kappa shape index (κ2) is 11.6. The molecule has 0 amide bonds. The molecule has 1 atom stereocenters. The number of esters is 1. The third-order valence-corrected chi connectivity index (χ3v) is 5.56. The van der Waals surface area contributed by atoms with Crippen LogP contribution in [0, 0.1) is 6.92 Å². The van der Waals surface area contributed by atoms with Crippen molar-refractivity contribution in [3.63, 3.8) is 0 Å². The van der Waals surface area contributed by atoms with Crippen molar-refractivity contribution in [2.45, 2.75) is 39.2 Å². The number of nitrogens with two attached hydrogens (primary N) is 1. The van der Waals surface area contributed by atoms with Crippen LogP contribution in [-0.2, 0) is 9.53 Å². The predicted octanol–water partition coefficient (Wildman–Crippen LogP) is 3.77. The average molecular weight is 498 g/mol. The van der Waals surface area contributed by atoms with Crippen LogP contribution in [0.15, 0.2) is 24.7 Å². The molecular weight excluding hydrogens is 472 g/mol. The second-order valence-corrected chi connectivity index (χ2v) is 8.13. The number of hydrogen-bond donors (Lipinski definition) is 3. The summed E-state index contributed by atoms with van der Waals surface area (Å²) in [6.07, 6.45) is 3.77. The van der Waals surface area contributed by atoms with Gasteiger partial charge in [-0.05, 0) is 44.5 Å². The maximum Gasteiger partial charge on any atom is 0.374 e. The molecule has 0 saturated carbocycles. The number of carboxylic acid groups (broad SMARTS) is 1. The molecule has 0 aliphatic rings. The number of pyridine rings is 1. The number of hydrogen-bond acceptors (Lipinski definition) is 10. The zero-order valence-electron chi connectivity index (χ0n) is 19.0. The van der Waals surface area contributed by atoms with E-state index in [1.54, 1.807) is 6.20 Å². The molecule has 0 aliphatic heterocycles. The van der Waals surface area contributed by atoms with Gasteiger partial charge in [0.25, 0.3) is 0 Å². The van der Waals surface area contributed by atoms with E-state index in [1.165, 1.54) is 24.8 Å². The zero-order chi connectivity index (χ0) is 25.5. The van der Waals surface area contributed by atoms with E-state index in [0.29, 0.717) is 40.6 Å². The van der Waals surface area contributed by atoms with Crippen molar-refractivity contribution in [1.82, 2.24) is 15.0 Å². The summed E-state index contributed by atoms with van der Waals surface area (Å²) in [5.41, 5.74) is 7.04. The van der Waals surface area contributed by atoms with Crippen LogP contribution < -0.4 is 15.8 Å². The number of aryl methyl sites for hydroxylation is 1. The topological polar surface area (TPSA) is 150 Å². The minimum atomic E-state index is -3.58. The Morgan fingerprint density at radius 1 is 1.32 bits per heavy atom. The number of carbonyl (C=O) groups excluding carboxylic acids is 1. The number of rotatable bonds is 8. The van der Waals surface area contributed by atoms with E-state index >= 15 is 0 Å². The van der Waals surface area contributed by atoms with Gasteiger partial charge < -0.3 is 25.6 Å². The van der Waals surface area contributed by atoms with Crippen LogP contribution in [0.4, 0.5) is 20.3 Å². The summed E-state index contributed by atoms with van der Waals surface area (Å²) in [5, 5.41) is 11.5. The Bertz CT molecular complexity index is 1150. The van der Waals surface area contributed by atoms with Gasteiger partial charge in [-0.3, -0.25) is 0 Å². The quantitative estimate of drug-likeness (QED) is 0.393. The van der Waals surface area contributed by atoms with Crippen LogP contribution in [0.2, 0.25) is 0 Å². The highest BCUT2D eigenvalue weighted by Crippen LogP contribution is 2.36. The molecule has 0 bridgehead atoms. The minimum Gasteiger partial charge on any atom is -0.477 e. The first-order valence-electron chi connectivity index (χ1n) is 10.0. The van der Waals surface area contributed by atoms with E-state index < -0.39 is 11.9 Å². The molecule has 3 heterocycles. The summed E-state index contributed by atoms with van der Waals surface area (Å²) in [5.74, 6) is -5.02.